The van der Waals surface area contributed by atoms with Crippen molar-refractivity contribution in [2.75, 3.05) is 32.1 Å². The number of fused-ring (bicyclic) bond motifs is 2. The van der Waals surface area contributed by atoms with E-state index in [2.05, 4.69) is 69.4 Å². The second-order valence-corrected chi connectivity index (χ2v) is 7.65. The lowest BCUT2D eigenvalue weighted by atomic mass is 9.96. The third-order valence-electron chi connectivity index (χ3n) is 5.32. The van der Waals surface area contributed by atoms with Crippen LogP contribution in [0.3, 0.4) is 0 Å². The van der Waals surface area contributed by atoms with Crippen LogP contribution in [0.15, 0.2) is 72.9 Å². The van der Waals surface area contributed by atoms with Crippen molar-refractivity contribution < 1.29 is 4.92 Å². The van der Waals surface area contributed by atoms with E-state index in [9.17, 15) is 10.1 Å². The first kappa shape index (κ1) is 19.8. The maximum atomic E-state index is 11.0. The summed E-state index contributed by atoms with van der Waals surface area (Å²) < 4.78 is 0. The standard InChI is InChI=1S/C24H24N4O2/c1-26(2)13-14-27(24-12-11-20(16-25-24)28(29)30)17-23-21-9-5-3-7-18(21)15-19-8-4-6-10-22(19)23/h3-12,15-16H,13-14,17H2,1-2H3. The molecule has 0 radical (unpaired) electrons. The Morgan fingerprint density at radius 2 is 1.53 bits per heavy atom. The van der Waals surface area contributed by atoms with Crippen LogP contribution in [-0.4, -0.2) is 42.0 Å². The molecule has 0 saturated heterocycles. The van der Waals surface area contributed by atoms with Crippen LogP contribution >= 0.6 is 0 Å². The molecule has 6 nitrogen and oxygen atoms in total. The minimum absolute atomic E-state index is 0.00178. The van der Waals surface area contributed by atoms with Crippen molar-refractivity contribution in [3.8, 4) is 0 Å². The van der Waals surface area contributed by atoms with Gasteiger partial charge in [0.05, 0.1) is 4.92 Å². The molecule has 0 amide bonds. The van der Waals surface area contributed by atoms with Gasteiger partial charge in [-0.1, -0.05) is 48.5 Å². The van der Waals surface area contributed by atoms with E-state index in [0.717, 1.165) is 18.9 Å². The molecule has 4 rings (SSSR count). The van der Waals surface area contributed by atoms with Crippen LogP contribution < -0.4 is 4.90 Å². The van der Waals surface area contributed by atoms with Crippen molar-refractivity contribution >= 4 is 33.1 Å². The lowest BCUT2D eigenvalue weighted by molar-refractivity contribution is -0.385. The Bertz CT molecular complexity index is 1130. The Balaban J connectivity index is 1.80. The van der Waals surface area contributed by atoms with Gasteiger partial charge in [0.1, 0.15) is 12.0 Å². The van der Waals surface area contributed by atoms with Gasteiger partial charge in [0.2, 0.25) is 0 Å². The van der Waals surface area contributed by atoms with Gasteiger partial charge in [-0.25, -0.2) is 4.98 Å². The second-order valence-electron chi connectivity index (χ2n) is 7.65. The number of pyridine rings is 1. The van der Waals surface area contributed by atoms with Crippen LogP contribution in [0.25, 0.3) is 21.5 Å². The van der Waals surface area contributed by atoms with Crippen molar-refractivity contribution in [3.63, 3.8) is 0 Å². The second kappa shape index (κ2) is 8.47. The van der Waals surface area contributed by atoms with Crippen molar-refractivity contribution in [2.24, 2.45) is 0 Å². The average molecular weight is 400 g/mol. The number of aromatic nitrogens is 1. The van der Waals surface area contributed by atoms with Gasteiger partial charge in [-0.15, -0.1) is 0 Å². The fourth-order valence-corrected chi connectivity index (χ4v) is 3.74. The van der Waals surface area contributed by atoms with E-state index in [1.807, 2.05) is 14.1 Å². The lowest BCUT2D eigenvalue weighted by Gasteiger charge is -2.27. The summed E-state index contributed by atoms with van der Waals surface area (Å²) in [4.78, 5) is 19.3. The summed E-state index contributed by atoms with van der Waals surface area (Å²) in [5.41, 5.74) is 1.24. The van der Waals surface area contributed by atoms with Gasteiger partial charge in [-0.2, -0.15) is 0 Å². The first-order chi connectivity index (χ1) is 14.5. The molecule has 30 heavy (non-hydrogen) atoms. The first-order valence-electron chi connectivity index (χ1n) is 9.92. The summed E-state index contributed by atoms with van der Waals surface area (Å²) >= 11 is 0. The molecule has 0 aliphatic carbocycles. The van der Waals surface area contributed by atoms with E-state index >= 15 is 0 Å². The molecule has 152 valence electrons. The minimum atomic E-state index is -0.418. The van der Waals surface area contributed by atoms with Gasteiger partial charge in [-0.05, 0) is 53.3 Å². The molecule has 1 heterocycles. The quantitative estimate of drug-likeness (QED) is 0.252. The molecular formula is C24H24N4O2. The molecule has 4 aromatic rings. The Morgan fingerprint density at radius 3 is 2.07 bits per heavy atom. The zero-order valence-electron chi connectivity index (χ0n) is 17.2. The summed E-state index contributed by atoms with van der Waals surface area (Å²) in [6.07, 6.45) is 1.33. The van der Waals surface area contributed by atoms with Crippen LogP contribution in [0.5, 0.6) is 0 Å². The van der Waals surface area contributed by atoms with Gasteiger partial charge in [0.25, 0.3) is 5.69 Å². The van der Waals surface area contributed by atoms with Crippen molar-refractivity contribution in [2.45, 2.75) is 6.54 Å². The van der Waals surface area contributed by atoms with Gasteiger partial charge in [-0.3, -0.25) is 10.1 Å². The van der Waals surface area contributed by atoms with Crippen LogP contribution in [0.1, 0.15) is 5.56 Å². The molecule has 3 aromatic carbocycles. The predicted molar refractivity (Wildman–Crippen MR) is 122 cm³/mol. The smallest absolute Gasteiger partial charge is 0.287 e. The summed E-state index contributed by atoms with van der Waals surface area (Å²) in [5.74, 6) is 0.736. The number of benzene rings is 3. The van der Waals surface area contributed by atoms with Gasteiger partial charge >= 0.3 is 0 Å². The third kappa shape index (κ3) is 4.09. The van der Waals surface area contributed by atoms with E-state index in [1.165, 1.54) is 39.4 Å². The molecule has 0 atom stereocenters. The van der Waals surface area contributed by atoms with Gasteiger partial charge < -0.3 is 9.80 Å². The topological polar surface area (TPSA) is 62.5 Å². The van der Waals surface area contributed by atoms with Crippen LogP contribution in [-0.2, 0) is 6.54 Å². The molecule has 0 aliphatic rings. The van der Waals surface area contributed by atoms with Crippen molar-refractivity contribution in [3.05, 3.63) is 88.6 Å². The Hall–Kier alpha value is -3.51. The maximum Gasteiger partial charge on any atom is 0.287 e. The number of hydrogen-bond acceptors (Lipinski definition) is 5. The molecule has 0 fully saturated rings. The van der Waals surface area contributed by atoms with E-state index < -0.39 is 4.92 Å². The number of nitrogens with zero attached hydrogens (tertiary/aromatic N) is 4. The van der Waals surface area contributed by atoms with Crippen LogP contribution in [0.4, 0.5) is 11.5 Å². The third-order valence-corrected chi connectivity index (χ3v) is 5.32. The predicted octanol–water partition coefficient (Wildman–Crippen LogP) is 4.86. The SMILES string of the molecule is CN(C)CCN(Cc1c2ccccc2cc2ccccc12)c1ccc([N+](=O)[O-])cn1. The summed E-state index contributed by atoms with van der Waals surface area (Å²) in [7, 11) is 4.07. The van der Waals surface area contributed by atoms with Crippen LogP contribution in [0, 0.1) is 10.1 Å². The van der Waals surface area contributed by atoms with E-state index in [-0.39, 0.29) is 5.69 Å². The van der Waals surface area contributed by atoms with E-state index in [1.54, 1.807) is 6.07 Å². The number of hydrogen-bond donors (Lipinski definition) is 0. The van der Waals surface area contributed by atoms with Crippen LogP contribution in [0.2, 0.25) is 0 Å². The molecule has 6 heteroatoms. The fourth-order valence-electron chi connectivity index (χ4n) is 3.74. The van der Waals surface area contributed by atoms with Crippen molar-refractivity contribution in [1.82, 2.24) is 9.88 Å². The number of rotatable bonds is 7. The molecule has 0 bridgehead atoms. The molecule has 0 N–H and O–H groups in total. The molecule has 0 aliphatic heterocycles. The highest BCUT2D eigenvalue weighted by molar-refractivity contribution is 6.02. The number of anilines is 1. The average Bonchev–Trinajstić information content (AvgIpc) is 2.76. The highest BCUT2D eigenvalue weighted by atomic mass is 16.6. The van der Waals surface area contributed by atoms with E-state index in [4.69, 9.17) is 0 Å². The summed E-state index contributed by atoms with van der Waals surface area (Å²) in [6, 6.07) is 22.3. The van der Waals surface area contributed by atoms with Gasteiger partial charge in [0.15, 0.2) is 0 Å². The van der Waals surface area contributed by atoms with E-state index in [0.29, 0.717) is 6.54 Å². The Morgan fingerprint density at radius 1 is 0.900 bits per heavy atom. The molecule has 0 saturated carbocycles. The zero-order chi connectivity index (χ0) is 21.1. The molecule has 1 aromatic heterocycles. The molecular weight excluding hydrogens is 376 g/mol. The minimum Gasteiger partial charge on any atom is -0.351 e. The fraction of sp³-hybridized carbons (Fsp3) is 0.208. The van der Waals surface area contributed by atoms with Crippen molar-refractivity contribution in [1.29, 1.82) is 0 Å². The Kier molecular flexibility index (Phi) is 5.59. The number of likely N-dealkylation sites (N-methyl/N-ethyl adjacent to an activating group) is 1. The summed E-state index contributed by atoms with van der Waals surface area (Å²) in [5, 5.41) is 15.9. The molecule has 0 spiro atoms. The maximum absolute atomic E-state index is 11.0. The first-order valence-corrected chi connectivity index (χ1v) is 9.92. The van der Waals surface area contributed by atoms with Gasteiger partial charge in [0, 0.05) is 25.7 Å². The highest BCUT2D eigenvalue weighted by Gasteiger charge is 2.15. The summed E-state index contributed by atoms with van der Waals surface area (Å²) in [6.45, 7) is 2.28. The monoisotopic (exact) mass is 400 g/mol. The zero-order valence-corrected chi connectivity index (χ0v) is 17.2. The largest absolute Gasteiger partial charge is 0.351 e. The normalized spacial score (nSPS) is 11.3. The molecule has 0 unspecified atom stereocenters. The number of nitro groups is 1. The lowest BCUT2D eigenvalue weighted by Crippen LogP contribution is -2.32. The highest BCUT2D eigenvalue weighted by Crippen LogP contribution is 2.30. The Labute approximate surface area is 175 Å².